The Morgan fingerprint density at radius 3 is 2.40 bits per heavy atom. The van der Waals surface area contributed by atoms with Crippen LogP contribution in [0, 0.1) is 27.4 Å². The van der Waals surface area contributed by atoms with Crippen LogP contribution in [0.25, 0.3) is 0 Å². The van der Waals surface area contributed by atoms with Crippen molar-refractivity contribution in [3.05, 3.63) is 46.0 Å². The lowest BCUT2D eigenvalue weighted by Gasteiger charge is -2.34. The van der Waals surface area contributed by atoms with Crippen molar-refractivity contribution in [2.45, 2.75) is 38.6 Å². The number of hydrogen-bond acceptors (Lipinski definition) is 5. The number of hydroxylamine groups is 2. The number of nitrogens with zero attached hydrogens (tertiary/aromatic N) is 3. The van der Waals surface area contributed by atoms with Crippen LogP contribution >= 0.6 is 0 Å². The van der Waals surface area contributed by atoms with E-state index in [0.29, 0.717) is 0 Å². The van der Waals surface area contributed by atoms with E-state index in [-0.39, 0.29) is 0 Å². The van der Waals surface area contributed by atoms with Gasteiger partial charge < -0.3 is 0 Å². The van der Waals surface area contributed by atoms with Crippen molar-refractivity contribution in [1.29, 1.82) is 5.26 Å². The highest BCUT2D eigenvalue weighted by Gasteiger charge is 2.54. The second-order valence-corrected chi connectivity index (χ2v) is 5.79. The van der Waals surface area contributed by atoms with Crippen molar-refractivity contribution in [1.82, 2.24) is 5.06 Å². The van der Waals surface area contributed by atoms with Crippen molar-refractivity contribution in [3.63, 3.8) is 0 Å². The van der Waals surface area contributed by atoms with Gasteiger partial charge in [-0.1, -0.05) is 30.3 Å². The van der Waals surface area contributed by atoms with Gasteiger partial charge in [-0.05, 0) is 26.3 Å². The molecule has 0 radical (unpaired) electrons. The van der Waals surface area contributed by atoms with E-state index in [2.05, 4.69) is 0 Å². The lowest BCUT2D eigenvalue weighted by Crippen LogP contribution is -2.41. The summed E-state index contributed by atoms with van der Waals surface area (Å²) in [6.07, 6.45) is -1.33. The van der Waals surface area contributed by atoms with Crippen molar-refractivity contribution in [2.24, 2.45) is 5.92 Å². The first kappa shape index (κ1) is 14.4. The third-order valence-electron chi connectivity index (χ3n) is 3.28. The SMILES string of the molecule is CC(C)(C)N1O[C@@H]([N+](=O)[O-])[C@@H](C#N)[C@@H]1c1ccccc1. The average molecular weight is 275 g/mol. The molecule has 6 heteroatoms. The summed E-state index contributed by atoms with van der Waals surface area (Å²) in [6.45, 7) is 5.71. The third-order valence-corrected chi connectivity index (χ3v) is 3.28. The molecule has 1 aliphatic rings. The van der Waals surface area contributed by atoms with Gasteiger partial charge in [-0.3, -0.25) is 10.1 Å². The number of hydrogen-bond donors (Lipinski definition) is 0. The van der Waals surface area contributed by atoms with Crippen LogP contribution in [0.2, 0.25) is 0 Å². The van der Waals surface area contributed by atoms with Gasteiger partial charge in [-0.15, -0.1) is 0 Å². The molecule has 1 aliphatic heterocycles. The minimum Gasteiger partial charge on any atom is -0.262 e. The summed E-state index contributed by atoms with van der Waals surface area (Å²) >= 11 is 0. The molecule has 0 N–H and O–H groups in total. The van der Waals surface area contributed by atoms with E-state index >= 15 is 0 Å². The summed E-state index contributed by atoms with van der Waals surface area (Å²) in [5.41, 5.74) is 0.402. The fourth-order valence-electron chi connectivity index (χ4n) is 2.42. The summed E-state index contributed by atoms with van der Waals surface area (Å²) in [5, 5.41) is 22.0. The first-order valence-electron chi connectivity index (χ1n) is 6.40. The van der Waals surface area contributed by atoms with Gasteiger partial charge in [0.2, 0.25) is 0 Å². The molecule has 0 spiro atoms. The summed E-state index contributed by atoms with van der Waals surface area (Å²) < 4.78 is 0. The van der Waals surface area contributed by atoms with Crippen LogP contribution in [0.5, 0.6) is 0 Å². The van der Waals surface area contributed by atoms with Crippen LogP contribution in [-0.2, 0) is 4.84 Å². The zero-order chi connectivity index (χ0) is 14.9. The Morgan fingerprint density at radius 2 is 1.95 bits per heavy atom. The number of benzene rings is 1. The van der Waals surface area contributed by atoms with E-state index in [1.807, 2.05) is 57.2 Å². The van der Waals surface area contributed by atoms with Crippen molar-refractivity contribution >= 4 is 0 Å². The minimum absolute atomic E-state index is 0.444. The molecule has 0 amide bonds. The molecule has 2 rings (SSSR count). The Kier molecular flexibility index (Phi) is 3.75. The van der Waals surface area contributed by atoms with Gasteiger partial charge in [-0.2, -0.15) is 10.3 Å². The molecule has 1 heterocycles. The maximum absolute atomic E-state index is 11.1. The zero-order valence-corrected chi connectivity index (χ0v) is 11.7. The van der Waals surface area contributed by atoms with Gasteiger partial charge in [-0.25, -0.2) is 4.84 Å². The van der Waals surface area contributed by atoms with Crippen LogP contribution in [-0.4, -0.2) is 21.8 Å². The van der Waals surface area contributed by atoms with Crippen molar-refractivity contribution in [3.8, 4) is 6.07 Å². The smallest absolute Gasteiger partial charge is 0.262 e. The lowest BCUT2D eigenvalue weighted by atomic mass is 9.91. The van der Waals surface area contributed by atoms with Gasteiger partial charge in [0.05, 0.1) is 17.0 Å². The molecule has 0 bridgehead atoms. The predicted octanol–water partition coefficient (Wildman–Crippen LogP) is 2.52. The average Bonchev–Trinajstić information content (AvgIpc) is 2.79. The van der Waals surface area contributed by atoms with Crippen LogP contribution in [0.1, 0.15) is 32.4 Å². The molecule has 0 aromatic heterocycles. The largest absolute Gasteiger partial charge is 0.348 e. The first-order chi connectivity index (χ1) is 9.36. The van der Waals surface area contributed by atoms with Crippen LogP contribution < -0.4 is 0 Å². The monoisotopic (exact) mass is 275 g/mol. The standard InChI is InChI=1S/C14H17N3O3/c1-14(2,3)16-12(10-7-5-4-6-8-10)11(9-15)13(20-16)17(18)19/h4-8,11-13H,1-3H3/t11-,12-,13+/m0/s1. The van der Waals surface area contributed by atoms with Gasteiger partial charge in [0.25, 0.3) is 0 Å². The molecular formula is C14H17N3O3. The minimum atomic E-state index is -1.33. The van der Waals surface area contributed by atoms with E-state index in [0.717, 1.165) is 5.56 Å². The predicted molar refractivity (Wildman–Crippen MR) is 71.7 cm³/mol. The van der Waals surface area contributed by atoms with Gasteiger partial charge in [0.15, 0.2) is 5.92 Å². The molecule has 3 atom stereocenters. The number of rotatable bonds is 2. The molecule has 106 valence electrons. The van der Waals surface area contributed by atoms with E-state index in [9.17, 15) is 15.4 Å². The maximum Gasteiger partial charge on any atom is 0.348 e. The van der Waals surface area contributed by atoms with Crippen LogP contribution in [0.4, 0.5) is 0 Å². The highest BCUT2D eigenvalue weighted by atomic mass is 16.8. The fraction of sp³-hybridized carbons (Fsp3) is 0.500. The molecule has 1 saturated heterocycles. The van der Waals surface area contributed by atoms with Gasteiger partial charge >= 0.3 is 6.23 Å². The van der Waals surface area contributed by atoms with E-state index in [4.69, 9.17) is 4.84 Å². The highest BCUT2D eigenvalue weighted by Crippen LogP contribution is 2.43. The van der Waals surface area contributed by atoms with Crippen molar-refractivity contribution < 1.29 is 9.76 Å². The maximum atomic E-state index is 11.1. The van der Waals surface area contributed by atoms with Crippen LogP contribution in [0.15, 0.2) is 30.3 Å². The summed E-state index contributed by atoms with van der Waals surface area (Å²) in [5.74, 6) is -0.841. The highest BCUT2D eigenvalue weighted by molar-refractivity contribution is 5.23. The molecule has 20 heavy (non-hydrogen) atoms. The normalized spacial score (nSPS) is 27.2. The Balaban J connectivity index is 2.47. The summed E-state index contributed by atoms with van der Waals surface area (Å²) in [6, 6.07) is 10.9. The second-order valence-electron chi connectivity index (χ2n) is 5.79. The Bertz CT molecular complexity index is 533. The topological polar surface area (TPSA) is 79.4 Å². The fourth-order valence-corrected chi connectivity index (χ4v) is 2.42. The third kappa shape index (κ3) is 2.50. The Labute approximate surface area is 117 Å². The van der Waals surface area contributed by atoms with Crippen LogP contribution in [0.3, 0.4) is 0 Å². The quantitative estimate of drug-likeness (QED) is 0.612. The summed E-state index contributed by atoms with van der Waals surface area (Å²) in [4.78, 5) is 16.1. The lowest BCUT2D eigenvalue weighted by molar-refractivity contribution is -0.591. The summed E-state index contributed by atoms with van der Waals surface area (Å²) in [7, 11) is 0. The van der Waals surface area contributed by atoms with Crippen molar-refractivity contribution in [2.75, 3.05) is 0 Å². The van der Waals surface area contributed by atoms with E-state index in [1.165, 1.54) is 0 Å². The molecule has 6 nitrogen and oxygen atoms in total. The second kappa shape index (κ2) is 5.19. The molecular weight excluding hydrogens is 258 g/mol. The molecule has 1 aromatic rings. The van der Waals surface area contributed by atoms with E-state index < -0.39 is 28.6 Å². The Hall–Kier alpha value is -1.97. The van der Waals surface area contributed by atoms with Gasteiger partial charge in [0, 0.05) is 5.54 Å². The first-order valence-corrected chi connectivity index (χ1v) is 6.40. The molecule has 1 fully saturated rings. The number of nitriles is 1. The molecule has 0 aliphatic carbocycles. The molecule has 1 aromatic carbocycles. The zero-order valence-electron chi connectivity index (χ0n) is 11.7. The van der Waals surface area contributed by atoms with E-state index in [1.54, 1.807) is 5.06 Å². The molecule has 0 unspecified atom stereocenters. The molecule has 0 saturated carbocycles. The Morgan fingerprint density at radius 1 is 1.35 bits per heavy atom. The van der Waals surface area contributed by atoms with Gasteiger partial charge in [0.1, 0.15) is 0 Å². The number of nitro groups is 1.